The first-order valence-electron chi connectivity index (χ1n) is 12.0. The monoisotopic (exact) mass is 577 g/mol. The van der Waals surface area contributed by atoms with Gasteiger partial charge in [-0.2, -0.15) is 23.1 Å². The normalized spacial score (nSPS) is 10.9. The van der Waals surface area contributed by atoms with Gasteiger partial charge in [-0.1, -0.05) is 0 Å². The van der Waals surface area contributed by atoms with Crippen molar-refractivity contribution in [2.45, 2.75) is 13.1 Å². The first-order chi connectivity index (χ1) is 19.6. The van der Waals surface area contributed by atoms with Crippen molar-refractivity contribution in [2.24, 2.45) is 0 Å². The van der Waals surface area contributed by atoms with Crippen LogP contribution in [0.2, 0.25) is 0 Å². The summed E-state index contributed by atoms with van der Waals surface area (Å²) in [7, 11) is 6.33. The molecule has 0 aliphatic heterocycles. The molecule has 1 amide bonds. The summed E-state index contributed by atoms with van der Waals surface area (Å²) in [6.45, 7) is 1.96. The van der Waals surface area contributed by atoms with Crippen molar-refractivity contribution in [3.63, 3.8) is 0 Å². The highest BCUT2D eigenvalue weighted by atomic mass is 19.4. The van der Waals surface area contributed by atoms with Gasteiger partial charge in [-0.3, -0.25) is 4.79 Å². The number of nitrogens with zero attached hydrogens (tertiary/aromatic N) is 3. The Bertz CT molecular complexity index is 1460. The average Bonchev–Trinajstić information content (AvgIpc) is 3.39. The molecule has 0 radical (unpaired) electrons. The Kier molecular flexibility index (Phi) is 10.7. The van der Waals surface area contributed by atoms with Crippen molar-refractivity contribution in [1.82, 2.24) is 19.9 Å². The second-order valence-corrected chi connectivity index (χ2v) is 8.30. The molecule has 2 aromatic carbocycles. The number of hydrogen-bond donors (Lipinski definition) is 4. The highest BCUT2D eigenvalue weighted by molar-refractivity contribution is 5.95. The van der Waals surface area contributed by atoms with E-state index < -0.39 is 17.6 Å². The van der Waals surface area contributed by atoms with Crippen molar-refractivity contribution in [1.29, 1.82) is 0 Å². The van der Waals surface area contributed by atoms with Crippen LogP contribution in [-0.4, -0.2) is 67.5 Å². The van der Waals surface area contributed by atoms with E-state index in [2.05, 4.69) is 40.6 Å². The van der Waals surface area contributed by atoms with Crippen LogP contribution in [0.5, 0.6) is 11.5 Å². The summed E-state index contributed by atoms with van der Waals surface area (Å²) in [6, 6.07) is 8.10. The topological polar surface area (TPSA) is 145 Å². The molecule has 12 nitrogen and oxygen atoms in total. The number of carbonyl (C=O) groups excluding carboxylic acids is 1. The van der Waals surface area contributed by atoms with Gasteiger partial charge in [-0.05, 0) is 30.3 Å². The van der Waals surface area contributed by atoms with Crippen LogP contribution in [0, 0.1) is 0 Å². The molecular formula is C26H30F3N7O5. The Morgan fingerprint density at radius 3 is 2.37 bits per heavy atom. The van der Waals surface area contributed by atoms with Gasteiger partial charge in [0.25, 0.3) is 0 Å². The smallest absolute Gasteiger partial charge is 0.416 e. The zero-order chi connectivity index (χ0) is 30.0. The summed E-state index contributed by atoms with van der Waals surface area (Å²) >= 11 is 0. The molecule has 0 saturated carbocycles. The first kappa shape index (κ1) is 30.9. The minimum absolute atomic E-state index is 0.0677. The Labute approximate surface area is 233 Å². The number of methoxy groups -OCH3 is 3. The summed E-state index contributed by atoms with van der Waals surface area (Å²) in [5.74, 6) is 0.819. The molecular weight excluding hydrogens is 547 g/mol. The number of rotatable bonds is 10. The zero-order valence-corrected chi connectivity index (χ0v) is 23.0. The van der Waals surface area contributed by atoms with E-state index in [4.69, 9.17) is 14.2 Å². The van der Waals surface area contributed by atoms with Gasteiger partial charge in [0.2, 0.25) is 11.9 Å². The zero-order valence-electron chi connectivity index (χ0n) is 23.0. The summed E-state index contributed by atoms with van der Waals surface area (Å²) < 4.78 is 60.0. The maximum absolute atomic E-state index is 13.2. The first-order valence-corrected chi connectivity index (χ1v) is 12.0. The second-order valence-electron chi connectivity index (χ2n) is 8.30. The van der Waals surface area contributed by atoms with Crippen LogP contribution in [0.3, 0.4) is 0 Å². The maximum atomic E-state index is 13.2. The molecule has 220 valence electrons. The van der Waals surface area contributed by atoms with E-state index in [1.165, 1.54) is 26.4 Å². The highest BCUT2D eigenvalue weighted by Crippen LogP contribution is 2.36. The van der Waals surface area contributed by atoms with Crippen LogP contribution in [-0.2, 0) is 20.4 Å². The minimum Gasteiger partial charge on any atom is -0.493 e. The van der Waals surface area contributed by atoms with Crippen molar-refractivity contribution in [3.05, 3.63) is 48.3 Å². The van der Waals surface area contributed by atoms with Crippen LogP contribution in [0.1, 0.15) is 12.5 Å². The number of amides is 1. The van der Waals surface area contributed by atoms with Gasteiger partial charge < -0.3 is 39.9 Å². The van der Waals surface area contributed by atoms with Crippen molar-refractivity contribution in [3.8, 4) is 11.5 Å². The second kappa shape index (κ2) is 14.1. The summed E-state index contributed by atoms with van der Waals surface area (Å²) in [5, 5.41) is 8.45. The number of H-pyrrole nitrogens is 1. The van der Waals surface area contributed by atoms with E-state index in [0.29, 0.717) is 41.6 Å². The number of aromatic amines is 1. The number of nitrogens with one attached hydrogen (secondary N) is 4. The fourth-order valence-corrected chi connectivity index (χ4v) is 3.46. The number of anilines is 5. The molecule has 0 spiro atoms. The Morgan fingerprint density at radius 2 is 1.71 bits per heavy atom. The highest BCUT2D eigenvalue weighted by Gasteiger charge is 2.31. The van der Waals surface area contributed by atoms with Gasteiger partial charge in [0.1, 0.15) is 12.1 Å². The molecule has 0 aliphatic rings. The molecule has 0 aliphatic carbocycles. The van der Waals surface area contributed by atoms with Crippen LogP contribution in [0.25, 0.3) is 11.2 Å². The molecule has 0 fully saturated rings. The van der Waals surface area contributed by atoms with Gasteiger partial charge in [0.05, 0.1) is 37.0 Å². The van der Waals surface area contributed by atoms with Crippen LogP contribution in [0.15, 0.2) is 42.7 Å². The molecule has 0 unspecified atom stereocenters. The lowest BCUT2D eigenvalue weighted by Crippen LogP contribution is -2.12. The van der Waals surface area contributed by atoms with Crippen LogP contribution < -0.4 is 25.4 Å². The molecule has 0 atom stereocenters. The molecule has 4 aromatic rings. The number of benzene rings is 2. The largest absolute Gasteiger partial charge is 0.493 e. The van der Waals surface area contributed by atoms with Gasteiger partial charge >= 0.3 is 6.18 Å². The van der Waals surface area contributed by atoms with Crippen molar-refractivity contribution >= 4 is 45.9 Å². The Morgan fingerprint density at radius 1 is 0.951 bits per heavy atom. The average molecular weight is 578 g/mol. The molecule has 0 saturated heterocycles. The summed E-state index contributed by atoms with van der Waals surface area (Å²) in [5.41, 5.74) is 0.491. The quantitative estimate of drug-likeness (QED) is 0.188. The fourth-order valence-electron chi connectivity index (χ4n) is 3.46. The third-order valence-electron chi connectivity index (χ3n) is 5.16. The van der Waals surface area contributed by atoms with E-state index in [1.54, 1.807) is 39.5 Å². The standard InChI is InChI=1S/C24H24F3N7O4.C2H6O/c1-13(35)30-17-10-14(24(25,26)27)4-6-16(17)32-22-20-21(29-12-28-20)33-23(34-22)31-15-5-7-18(19(11-15)37-3)38-9-8-36-2;1-3-2/h4-7,10-12H,8-9H2,1-3H3,(H,30,35)(H3,28,29,31,32,33,34);1-2H3. The van der Waals surface area contributed by atoms with E-state index in [1.807, 2.05) is 0 Å². The SMILES string of the molecule is COC.COCCOc1ccc(Nc2nc(Nc3ccc(C(F)(F)F)cc3NC(C)=O)c3[nH]cnc3n2)cc1OC. The molecule has 2 heterocycles. The Balaban J connectivity index is 0.00000147. The fraction of sp³-hybridized carbons (Fsp3) is 0.308. The van der Waals surface area contributed by atoms with Crippen molar-refractivity contribution < 1.29 is 36.9 Å². The number of imidazole rings is 1. The molecule has 41 heavy (non-hydrogen) atoms. The molecule has 15 heteroatoms. The molecule has 0 bridgehead atoms. The lowest BCUT2D eigenvalue weighted by atomic mass is 10.1. The molecule has 4 N–H and O–H groups in total. The van der Waals surface area contributed by atoms with Gasteiger partial charge in [-0.15, -0.1) is 0 Å². The minimum atomic E-state index is -4.58. The number of ether oxygens (including phenoxy) is 4. The lowest BCUT2D eigenvalue weighted by molar-refractivity contribution is -0.137. The van der Waals surface area contributed by atoms with Gasteiger partial charge in [-0.25, -0.2) is 4.98 Å². The molecule has 2 aromatic heterocycles. The van der Waals surface area contributed by atoms with Crippen molar-refractivity contribution in [2.75, 3.05) is 57.6 Å². The van der Waals surface area contributed by atoms with E-state index in [0.717, 1.165) is 12.1 Å². The lowest BCUT2D eigenvalue weighted by Gasteiger charge is -2.16. The third kappa shape index (κ3) is 8.43. The van der Waals surface area contributed by atoms with Crippen LogP contribution >= 0.6 is 0 Å². The number of aromatic nitrogens is 4. The third-order valence-corrected chi connectivity index (χ3v) is 5.16. The molecule has 4 rings (SSSR count). The predicted octanol–water partition coefficient (Wildman–Crippen LogP) is 5.11. The maximum Gasteiger partial charge on any atom is 0.416 e. The number of fused-ring (bicyclic) bond motifs is 1. The predicted molar refractivity (Wildman–Crippen MR) is 147 cm³/mol. The van der Waals surface area contributed by atoms with Gasteiger partial charge in [0, 0.05) is 40.0 Å². The van der Waals surface area contributed by atoms with E-state index in [-0.39, 0.29) is 23.1 Å². The van der Waals surface area contributed by atoms with E-state index >= 15 is 0 Å². The van der Waals surface area contributed by atoms with E-state index in [9.17, 15) is 18.0 Å². The number of halogens is 3. The number of hydrogen-bond acceptors (Lipinski definition) is 10. The Hall–Kier alpha value is -4.63. The van der Waals surface area contributed by atoms with Gasteiger partial charge in [0.15, 0.2) is 23.0 Å². The summed E-state index contributed by atoms with van der Waals surface area (Å²) in [6.07, 6.45) is -3.18. The van der Waals surface area contributed by atoms with Crippen LogP contribution in [0.4, 0.5) is 42.0 Å². The summed E-state index contributed by atoms with van der Waals surface area (Å²) in [4.78, 5) is 27.6. The number of alkyl halides is 3. The number of carbonyl (C=O) groups is 1.